The van der Waals surface area contributed by atoms with E-state index in [4.69, 9.17) is 21.0 Å². The van der Waals surface area contributed by atoms with E-state index < -0.39 is 0 Å². The Labute approximate surface area is 176 Å². The molecule has 4 nitrogen and oxygen atoms in total. The maximum atomic E-state index is 6.01. The van der Waals surface area contributed by atoms with Gasteiger partial charge in [0, 0.05) is 33.6 Å². The first-order chi connectivity index (χ1) is 14.0. The lowest BCUT2D eigenvalue weighted by molar-refractivity contribution is 0.528. The number of halogens is 1. The topological polar surface area (TPSA) is 51.0 Å². The summed E-state index contributed by atoms with van der Waals surface area (Å²) in [6, 6.07) is 13.5. The zero-order valence-electron chi connectivity index (χ0n) is 16.9. The Morgan fingerprint density at radius 2 is 1.93 bits per heavy atom. The molecule has 1 atom stereocenters. The van der Waals surface area contributed by atoms with Crippen molar-refractivity contribution in [3.8, 4) is 11.4 Å². The van der Waals surface area contributed by atoms with Gasteiger partial charge in [0.25, 0.3) is 0 Å². The molecule has 5 heteroatoms. The first-order valence-electron chi connectivity index (χ1n) is 9.87. The molecule has 1 unspecified atom stereocenters. The van der Waals surface area contributed by atoms with E-state index in [1.165, 1.54) is 11.1 Å². The molecule has 3 aromatic rings. The molecule has 0 radical (unpaired) electrons. The quantitative estimate of drug-likeness (QED) is 0.501. The predicted octanol–water partition coefficient (Wildman–Crippen LogP) is 6.90. The maximum Gasteiger partial charge on any atom is 0.161 e. The minimum Gasteiger partial charge on any atom is -0.465 e. The van der Waals surface area contributed by atoms with E-state index in [1.807, 2.05) is 49.4 Å². The molecule has 0 saturated carbocycles. The van der Waals surface area contributed by atoms with Crippen molar-refractivity contribution in [2.75, 3.05) is 5.32 Å². The summed E-state index contributed by atoms with van der Waals surface area (Å²) in [7, 11) is 0. The Kier molecular flexibility index (Phi) is 5.54. The molecule has 29 heavy (non-hydrogen) atoms. The summed E-state index contributed by atoms with van der Waals surface area (Å²) >= 11 is 6.01. The fourth-order valence-corrected chi connectivity index (χ4v) is 3.83. The van der Waals surface area contributed by atoms with Crippen molar-refractivity contribution < 1.29 is 4.42 Å². The molecule has 2 heterocycles. The molecule has 2 aromatic heterocycles. The van der Waals surface area contributed by atoms with Crippen LogP contribution in [0.25, 0.3) is 17.0 Å². The van der Waals surface area contributed by atoms with E-state index in [2.05, 4.69) is 30.2 Å². The second-order valence-electron chi connectivity index (χ2n) is 7.43. The summed E-state index contributed by atoms with van der Waals surface area (Å²) in [5, 5.41) is 4.21. The van der Waals surface area contributed by atoms with Gasteiger partial charge >= 0.3 is 0 Å². The highest BCUT2D eigenvalue weighted by atomic mass is 35.5. The number of rotatable bonds is 5. The van der Waals surface area contributed by atoms with Gasteiger partial charge in [-0.2, -0.15) is 0 Å². The molecule has 0 spiro atoms. The molecule has 1 N–H and O–H groups in total. The summed E-state index contributed by atoms with van der Waals surface area (Å²) in [6.45, 7) is 6.37. The Balaban J connectivity index is 1.67. The van der Waals surface area contributed by atoms with Crippen LogP contribution in [0.15, 0.2) is 70.5 Å². The second kappa shape index (κ2) is 8.26. The van der Waals surface area contributed by atoms with Crippen LogP contribution in [0.4, 0.5) is 5.82 Å². The number of anilines is 1. The largest absolute Gasteiger partial charge is 0.465 e. The number of hydrogen-bond acceptors (Lipinski definition) is 4. The molecule has 0 amide bonds. The number of nitrogens with zero attached hydrogens (tertiary/aromatic N) is 2. The van der Waals surface area contributed by atoms with Gasteiger partial charge in [-0.1, -0.05) is 18.5 Å². The van der Waals surface area contributed by atoms with Gasteiger partial charge in [0.2, 0.25) is 0 Å². The molecule has 1 aliphatic carbocycles. The van der Waals surface area contributed by atoms with E-state index in [9.17, 15) is 0 Å². The SMILES string of the molecule is CCC1CC(C)=C(Nc2cc(C)nc(-c3ccc(Cl)cc3)n2)C=C1c1ccco1. The number of aromatic nitrogens is 2. The summed E-state index contributed by atoms with van der Waals surface area (Å²) in [4.78, 5) is 9.32. The smallest absolute Gasteiger partial charge is 0.161 e. The number of furan rings is 1. The molecule has 0 saturated heterocycles. The number of allylic oxidation sites excluding steroid dienone is 3. The van der Waals surface area contributed by atoms with Crippen LogP contribution in [0.3, 0.4) is 0 Å². The second-order valence-corrected chi connectivity index (χ2v) is 7.87. The third-order valence-corrected chi connectivity index (χ3v) is 5.52. The van der Waals surface area contributed by atoms with Crippen molar-refractivity contribution in [1.82, 2.24) is 9.97 Å². The first-order valence-corrected chi connectivity index (χ1v) is 10.2. The van der Waals surface area contributed by atoms with Crippen LogP contribution in [0.1, 0.15) is 38.1 Å². The summed E-state index contributed by atoms with van der Waals surface area (Å²) in [5.41, 5.74) is 5.46. The van der Waals surface area contributed by atoms with Crippen molar-refractivity contribution in [1.29, 1.82) is 0 Å². The molecular weight excluding hydrogens is 382 g/mol. The van der Waals surface area contributed by atoms with Crippen LogP contribution in [0.2, 0.25) is 5.02 Å². The number of aryl methyl sites for hydroxylation is 1. The van der Waals surface area contributed by atoms with Crippen molar-refractivity contribution in [2.45, 2.75) is 33.6 Å². The van der Waals surface area contributed by atoms with Crippen LogP contribution in [-0.2, 0) is 0 Å². The summed E-state index contributed by atoms with van der Waals surface area (Å²) < 4.78 is 5.69. The third-order valence-electron chi connectivity index (χ3n) is 5.27. The van der Waals surface area contributed by atoms with E-state index >= 15 is 0 Å². The van der Waals surface area contributed by atoms with Crippen LogP contribution in [-0.4, -0.2) is 9.97 Å². The normalized spacial score (nSPS) is 16.7. The fourth-order valence-electron chi connectivity index (χ4n) is 3.71. The van der Waals surface area contributed by atoms with Gasteiger partial charge in [-0.15, -0.1) is 0 Å². The number of nitrogens with one attached hydrogen (secondary N) is 1. The molecule has 4 rings (SSSR count). The monoisotopic (exact) mass is 405 g/mol. The standard InChI is InChI=1S/C24H24ClN3O/c1-4-17-12-15(2)21(14-20(17)22-6-5-11-29-22)27-23-13-16(3)26-24(28-23)18-7-9-19(25)10-8-18/h5-11,13-14,17H,4,12H2,1-3H3,(H,26,27,28). The molecule has 148 valence electrons. The average molecular weight is 406 g/mol. The van der Waals surface area contributed by atoms with E-state index in [-0.39, 0.29) is 0 Å². The highest BCUT2D eigenvalue weighted by Gasteiger charge is 2.23. The molecule has 0 bridgehead atoms. The summed E-state index contributed by atoms with van der Waals surface area (Å²) in [6.07, 6.45) is 6.00. The van der Waals surface area contributed by atoms with Gasteiger partial charge in [0.1, 0.15) is 11.6 Å². The van der Waals surface area contributed by atoms with Crippen molar-refractivity contribution in [3.05, 3.63) is 82.6 Å². The van der Waals surface area contributed by atoms with Gasteiger partial charge in [-0.3, -0.25) is 0 Å². The molecule has 0 fully saturated rings. The molecular formula is C24H24ClN3O. The van der Waals surface area contributed by atoms with Crippen molar-refractivity contribution in [3.63, 3.8) is 0 Å². The minimum absolute atomic E-state index is 0.462. The van der Waals surface area contributed by atoms with Crippen LogP contribution in [0.5, 0.6) is 0 Å². The summed E-state index contributed by atoms with van der Waals surface area (Å²) in [5.74, 6) is 2.86. The highest BCUT2D eigenvalue weighted by Crippen LogP contribution is 2.37. The Morgan fingerprint density at radius 3 is 2.62 bits per heavy atom. The zero-order chi connectivity index (χ0) is 20.4. The lowest BCUT2D eigenvalue weighted by atomic mass is 9.83. The van der Waals surface area contributed by atoms with E-state index in [0.29, 0.717) is 16.8 Å². The molecule has 1 aromatic carbocycles. The van der Waals surface area contributed by atoms with E-state index in [0.717, 1.165) is 41.4 Å². The van der Waals surface area contributed by atoms with Crippen molar-refractivity contribution >= 4 is 23.0 Å². The van der Waals surface area contributed by atoms with E-state index in [1.54, 1.807) is 6.26 Å². The van der Waals surface area contributed by atoms with Gasteiger partial charge in [-0.25, -0.2) is 9.97 Å². The van der Waals surface area contributed by atoms with Crippen molar-refractivity contribution in [2.24, 2.45) is 5.92 Å². The van der Waals surface area contributed by atoms with Gasteiger partial charge in [0.05, 0.1) is 6.26 Å². The number of hydrogen-bond donors (Lipinski definition) is 1. The molecule has 1 aliphatic rings. The zero-order valence-corrected chi connectivity index (χ0v) is 17.6. The highest BCUT2D eigenvalue weighted by molar-refractivity contribution is 6.30. The Hall–Kier alpha value is -2.85. The van der Waals surface area contributed by atoms with Crippen LogP contribution in [0, 0.1) is 12.8 Å². The number of benzene rings is 1. The Bertz CT molecular complexity index is 1070. The molecule has 0 aliphatic heterocycles. The third kappa shape index (κ3) is 4.28. The maximum absolute atomic E-state index is 6.01. The average Bonchev–Trinajstić information content (AvgIpc) is 3.24. The lowest BCUT2D eigenvalue weighted by Gasteiger charge is -2.25. The van der Waals surface area contributed by atoms with Crippen LogP contribution >= 0.6 is 11.6 Å². The lowest BCUT2D eigenvalue weighted by Crippen LogP contribution is -2.14. The Morgan fingerprint density at radius 1 is 1.14 bits per heavy atom. The minimum atomic E-state index is 0.462. The van der Waals surface area contributed by atoms with Gasteiger partial charge < -0.3 is 9.73 Å². The van der Waals surface area contributed by atoms with Crippen LogP contribution < -0.4 is 5.32 Å². The predicted molar refractivity (Wildman–Crippen MR) is 119 cm³/mol. The fraction of sp³-hybridized carbons (Fsp3) is 0.250. The van der Waals surface area contributed by atoms with Gasteiger partial charge in [-0.05, 0) is 80.7 Å². The van der Waals surface area contributed by atoms with Gasteiger partial charge in [0.15, 0.2) is 5.82 Å². The first kappa shape index (κ1) is 19.5.